The number of rotatable bonds is 3. The van der Waals surface area contributed by atoms with Crippen molar-refractivity contribution in [3.8, 4) is 0 Å². The van der Waals surface area contributed by atoms with Crippen molar-refractivity contribution in [1.29, 1.82) is 0 Å². The Hall–Kier alpha value is -0.459. The van der Waals surface area contributed by atoms with Gasteiger partial charge in [-0.05, 0) is 0 Å². The topological polar surface area (TPSA) is 101 Å². The lowest BCUT2D eigenvalue weighted by Crippen LogP contribution is -2.85. The zero-order chi connectivity index (χ0) is 18.1. The van der Waals surface area contributed by atoms with Crippen molar-refractivity contribution >= 4 is 41.2 Å². The Kier molecular flexibility index (Phi) is 4.12. The second-order valence-electron chi connectivity index (χ2n) is 9.78. The number of nitrogens with zero attached hydrogens (tertiary/aromatic N) is 3. The van der Waals surface area contributed by atoms with Crippen LogP contribution in [0.5, 0.6) is 0 Å². The molecule has 0 radical (unpaired) electrons. The van der Waals surface area contributed by atoms with E-state index in [0.29, 0.717) is 5.84 Å². The molecule has 0 aromatic heterocycles. The highest BCUT2D eigenvalue weighted by atomic mass is 28.3. The van der Waals surface area contributed by atoms with Crippen LogP contribution in [0.15, 0.2) is 15.0 Å². The Morgan fingerprint density at radius 2 is 1.35 bits per heavy atom. The van der Waals surface area contributed by atoms with E-state index in [1.54, 1.807) is 0 Å². The minimum absolute atomic E-state index is 0.663. The summed E-state index contributed by atoms with van der Waals surface area (Å²) in [5.74, 6) is 0.663. The van der Waals surface area contributed by atoms with E-state index < -0.39 is 34.9 Å². The number of hydrogen-bond donors (Lipinski definition) is 3. The molecule has 0 saturated heterocycles. The van der Waals surface area contributed by atoms with Crippen molar-refractivity contribution in [3.05, 3.63) is 0 Å². The molecule has 23 heavy (non-hydrogen) atoms. The quantitative estimate of drug-likeness (QED) is 0.661. The van der Waals surface area contributed by atoms with Crippen molar-refractivity contribution in [2.24, 2.45) is 26.4 Å². The van der Waals surface area contributed by atoms with Gasteiger partial charge in [-0.2, -0.15) is 0 Å². The molecule has 0 amide bonds. The average molecular weight is 369 g/mol. The fourth-order valence-electron chi connectivity index (χ4n) is 2.46. The molecule has 0 fully saturated rings. The summed E-state index contributed by atoms with van der Waals surface area (Å²) in [6.07, 6.45) is 0. The molecule has 0 aliphatic carbocycles. The van der Waals surface area contributed by atoms with Gasteiger partial charge in [0.2, 0.25) is 0 Å². The Bertz CT molecular complexity index is 620. The molecule has 2 heterocycles. The van der Waals surface area contributed by atoms with E-state index in [-0.39, 0.29) is 0 Å². The molecular formula is C14H32N6Si3. The van der Waals surface area contributed by atoms with Crippen LogP contribution in [-0.4, -0.2) is 51.9 Å². The van der Waals surface area contributed by atoms with Gasteiger partial charge in [-0.15, -0.1) is 0 Å². The zero-order valence-corrected chi connectivity index (χ0v) is 19.0. The molecule has 0 bridgehead atoms. The molecule has 2 aliphatic heterocycles. The first-order valence-corrected chi connectivity index (χ1v) is 18.7. The Balaban J connectivity index is 2.70. The monoisotopic (exact) mass is 368 g/mol. The van der Waals surface area contributed by atoms with Gasteiger partial charge in [-0.1, -0.05) is 58.9 Å². The van der Waals surface area contributed by atoms with Crippen molar-refractivity contribution in [3.63, 3.8) is 0 Å². The Morgan fingerprint density at radius 1 is 0.826 bits per heavy atom. The van der Waals surface area contributed by atoms with Gasteiger partial charge < -0.3 is 5.73 Å². The molecule has 0 spiro atoms. The fraction of sp³-hybridized carbons (Fsp3) is 0.786. The van der Waals surface area contributed by atoms with Crippen LogP contribution in [0.4, 0.5) is 0 Å². The summed E-state index contributed by atoms with van der Waals surface area (Å²) in [5, 5.41) is 2.81. The van der Waals surface area contributed by atoms with Crippen LogP contribution in [0.1, 0.15) is 0 Å². The van der Waals surface area contributed by atoms with Crippen molar-refractivity contribution in [2.45, 2.75) is 69.6 Å². The van der Waals surface area contributed by atoms with E-state index in [1.165, 1.54) is 0 Å². The minimum atomic E-state index is -1.88. The minimum Gasteiger partial charge on any atom is -0.311 e. The second-order valence-corrected chi connectivity index (χ2v) is 25.3. The summed E-state index contributed by atoms with van der Waals surface area (Å²) < 4.78 is 0. The van der Waals surface area contributed by atoms with E-state index >= 15 is 0 Å². The maximum atomic E-state index is 6.92. The standard InChI is InChI=1S/C14H32N6Si3/c1-21(2,3)12-17-10-11(18-12)19-14(16,23(7,8)9)20-13(10,15)22(4,5)6/h20H,15-16H2,1-9H3. The predicted molar refractivity (Wildman–Crippen MR) is 109 cm³/mol. The van der Waals surface area contributed by atoms with Crippen LogP contribution in [0.3, 0.4) is 0 Å². The maximum Gasteiger partial charge on any atom is 0.176 e. The third-order valence-corrected chi connectivity index (χ3v) is 11.5. The summed E-state index contributed by atoms with van der Waals surface area (Å²) in [6.45, 7) is 20.0. The fourth-order valence-corrected chi connectivity index (χ4v) is 5.94. The lowest BCUT2D eigenvalue weighted by Gasteiger charge is -2.52. The van der Waals surface area contributed by atoms with Gasteiger partial charge in [0.1, 0.15) is 38.0 Å². The van der Waals surface area contributed by atoms with Crippen molar-refractivity contribution in [1.82, 2.24) is 5.32 Å². The molecule has 6 nitrogen and oxygen atoms in total. The van der Waals surface area contributed by atoms with Crippen molar-refractivity contribution < 1.29 is 0 Å². The maximum absolute atomic E-state index is 6.92. The molecule has 0 aromatic carbocycles. The highest BCUT2D eigenvalue weighted by molar-refractivity contribution is 7.06. The summed E-state index contributed by atoms with van der Waals surface area (Å²) in [5.41, 5.74) is 14.5. The van der Waals surface area contributed by atoms with Gasteiger partial charge in [-0.3, -0.25) is 11.1 Å². The first-order chi connectivity index (χ1) is 10.0. The molecule has 2 aliphatic rings. The highest BCUT2D eigenvalue weighted by Crippen LogP contribution is 2.32. The van der Waals surface area contributed by atoms with Gasteiger partial charge in [0.25, 0.3) is 0 Å². The molecule has 9 heteroatoms. The van der Waals surface area contributed by atoms with Crippen LogP contribution in [-0.2, 0) is 0 Å². The molecular weight excluding hydrogens is 336 g/mol. The molecule has 5 N–H and O–H groups in total. The van der Waals surface area contributed by atoms with Crippen LogP contribution in [0.2, 0.25) is 58.9 Å². The second kappa shape index (κ2) is 5.02. The van der Waals surface area contributed by atoms with Crippen LogP contribution < -0.4 is 16.8 Å². The van der Waals surface area contributed by atoms with Crippen LogP contribution in [0, 0.1) is 0 Å². The number of nitrogens with two attached hydrogens (primary N) is 2. The van der Waals surface area contributed by atoms with E-state index in [9.17, 15) is 0 Å². The molecule has 0 saturated carbocycles. The van der Waals surface area contributed by atoms with Gasteiger partial charge in [-0.25, -0.2) is 15.0 Å². The SMILES string of the molecule is C[Si](C)(C)C1=NC2=NC(N)([Si](C)(C)C)NC(N)([Si](C)(C)C)C2=N1. The van der Waals surface area contributed by atoms with E-state index in [4.69, 9.17) is 26.4 Å². The molecule has 2 atom stereocenters. The van der Waals surface area contributed by atoms with Crippen LogP contribution in [0.25, 0.3) is 0 Å². The number of hydrogen-bond acceptors (Lipinski definition) is 6. The van der Waals surface area contributed by atoms with Gasteiger partial charge in [0, 0.05) is 0 Å². The summed E-state index contributed by atoms with van der Waals surface area (Å²) >= 11 is 0. The smallest absolute Gasteiger partial charge is 0.176 e. The Morgan fingerprint density at radius 3 is 1.74 bits per heavy atom. The van der Waals surface area contributed by atoms with Gasteiger partial charge in [0.05, 0.1) is 8.07 Å². The van der Waals surface area contributed by atoms with Gasteiger partial charge >= 0.3 is 0 Å². The predicted octanol–water partition coefficient (Wildman–Crippen LogP) is 1.74. The highest BCUT2D eigenvalue weighted by Gasteiger charge is 2.58. The number of aliphatic imine (C=N–C) groups is 3. The van der Waals surface area contributed by atoms with E-state index in [2.05, 4.69) is 64.2 Å². The average Bonchev–Trinajstić information content (AvgIpc) is 2.69. The summed E-state index contributed by atoms with van der Waals surface area (Å²) in [4.78, 5) is 14.4. The zero-order valence-electron chi connectivity index (χ0n) is 16.0. The normalized spacial score (nSPS) is 32.2. The third-order valence-electron chi connectivity index (χ3n) is 4.68. The molecule has 130 valence electrons. The lowest BCUT2D eigenvalue weighted by atomic mass is 10.2. The molecule has 2 rings (SSSR count). The summed E-state index contributed by atoms with van der Waals surface area (Å²) in [6, 6.07) is 0. The molecule has 0 aromatic rings. The molecule has 2 unspecified atom stereocenters. The summed E-state index contributed by atoms with van der Waals surface area (Å²) in [7, 11) is -5.39. The number of fused-ring (bicyclic) bond motifs is 1. The third kappa shape index (κ3) is 2.98. The van der Waals surface area contributed by atoms with Crippen molar-refractivity contribution in [2.75, 3.05) is 0 Å². The van der Waals surface area contributed by atoms with Gasteiger partial charge in [0.15, 0.2) is 5.84 Å². The number of amidine groups is 2. The van der Waals surface area contributed by atoms with Crippen LogP contribution >= 0.6 is 0 Å². The van der Waals surface area contributed by atoms with E-state index in [0.717, 1.165) is 11.2 Å². The Labute approximate surface area is 143 Å². The van der Waals surface area contributed by atoms with E-state index in [1.807, 2.05) is 0 Å². The first-order valence-electron chi connectivity index (χ1n) is 8.17. The lowest BCUT2D eigenvalue weighted by molar-refractivity contribution is 0.399. The number of nitrogens with one attached hydrogen (secondary N) is 1. The largest absolute Gasteiger partial charge is 0.311 e. The first kappa shape index (κ1) is 18.9.